The van der Waals surface area contributed by atoms with Gasteiger partial charge in [-0.3, -0.25) is 14.3 Å². The third kappa shape index (κ3) is 3.44. The van der Waals surface area contributed by atoms with Crippen molar-refractivity contribution < 1.29 is 4.90 Å². The summed E-state index contributed by atoms with van der Waals surface area (Å²) in [5.74, 6) is 0.819. The van der Waals surface area contributed by atoms with Crippen molar-refractivity contribution in [3.8, 4) is 0 Å². The van der Waals surface area contributed by atoms with Crippen LogP contribution in [0.3, 0.4) is 0 Å². The Morgan fingerprint density at radius 2 is 2.09 bits per heavy atom. The second kappa shape index (κ2) is 7.41. The lowest BCUT2D eigenvalue weighted by Gasteiger charge is -2.17. The summed E-state index contributed by atoms with van der Waals surface area (Å²) in [6.45, 7) is 11.4. The number of aryl methyl sites for hydroxylation is 1. The van der Waals surface area contributed by atoms with E-state index < -0.39 is 11.2 Å². The van der Waals surface area contributed by atoms with Crippen LogP contribution in [-0.2, 0) is 20.1 Å². The Hall–Kier alpha value is -2.15. The van der Waals surface area contributed by atoms with E-state index in [0.29, 0.717) is 17.7 Å². The summed E-state index contributed by atoms with van der Waals surface area (Å²) >= 11 is 0. The van der Waals surface area contributed by atoms with Crippen LogP contribution in [0, 0.1) is 0 Å². The summed E-state index contributed by atoms with van der Waals surface area (Å²) < 4.78 is 3.25. The average molecular weight is 320 g/mol. The number of quaternary nitrogens is 1. The van der Waals surface area contributed by atoms with E-state index >= 15 is 0 Å². The Morgan fingerprint density at radius 3 is 2.70 bits per heavy atom. The minimum absolute atomic E-state index is 0.393. The maximum Gasteiger partial charge on any atom is 0.329 e. The molecule has 23 heavy (non-hydrogen) atoms. The number of H-pyrrole nitrogens is 1. The first-order valence-corrected chi connectivity index (χ1v) is 8.16. The van der Waals surface area contributed by atoms with E-state index in [9.17, 15) is 9.59 Å². The molecule has 2 N–H and O–H groups in total. The molecule has 2 heterocycles. The lowest BCUT2D eigenvalue weighted by atomic mass is 10.3. The molecule has 2 aromatic rings. The molecule has 2 rings (SSSR count). The van der Waals surface area contributed by atoms with Crippen LogP contribution >= 0.6 is 0 Å². The Kier molecular flexibility index (Phi) is 5.54. The highest BCUT2D eigenvalue weighted by molar-refractivity contribution is 5.70. The number of nitrogens with zero attached hydrogens (tertiary/aromatic N) is 3. The molecule has 0 aliphatic heterocycles. The molecule has 2 aromatic heterocycles. The number of nitrogens with one attached hydrogen (secondary N) is 2. The predicted molar refractivity (Wildman–Crippen MR) is 90.8 cm³/mol. The summed E-state index contributed by atoms with van der Waals surface area (Å²) in [5, 5.41) is 0. The van der Waals surface area contributed by atoms with Crippen LogP contribution in [0.2, 0.25) is 0 Å². The highest BCUT2D eigenvalue weighted by Crippen LogP contribution is 2.10. The SMILES string of the molecule is C=CCn1c(C[NH+](CC)CCCC)nc2c1c(=O)[nH]c(=O)n2C. The molecule has 0 fully saturated rings. The molecule has 0 radical (unpaired) electrons. The smallest absolute Gasteiger partial charge is 0.329 e. The van der Waals surface area contributed by atoms with Crippen LogP contribution in [0.25, 0.3) is 11.2 Å². The van der Waals surface area contributed by atoms with Crippen molar-refractivity contribution in [2.24, 2.45) is 7.05 Å². The first-order valence-electron chi connectivity index (χ1n) is 8.16. The van der Waals surface area contributed by atoms with E-state index in [2.05, 4.69) is 30.4 Å². The standard InChI is InChI=1S/C16H25N5O2/c1-5-8-10-20(7-3)11-12-17-14-13(21(12)9-6-2)15(22)18-16(23)19(14)4/h6H,2,5,7-11H2,1,3-4H3,(H,18,22,23)/p+1. The fraction of sp³-hybridized carbons (Fsp3) is 0.562. The van der Waals surface area contributed by atoms with Crippen LogP contribution < -0.4 is 16.1 Å². The topological polar surface area (TPSA) is 77.1 Å². The van der Waals surface area contributed by atoms with E-state index in [1.807, 2.05) is 4.57 Å². The molecule has 0 bridgehead atoms. The molecular formula is C16H26N5O2+. The van der Waals surface area contributed by atoms with Crippen LogP contribution in [-0.4, -0.2) is 32.2 Å². The number of rotatable bonds is 8. The summed E-state index contributed by atoms with van der Waals surface area (Å²) in [6, 6.07) is 0. The summed E-state index contributed by atoms with van der Waals surface area (Å²) in [5.41, 5.74) is 0.0350. The molecule has 0 amide bonds. The second-order valence-corrected chi connectivity index (χ2v) is 5.80. The number of unbranched alkanes of at least 4 members (excludes halogenated alkanes) is 1. The highest BCUT2D eigenvalue weighted by Gasteiger charge is 2.19. The van der Waals surface area contributed by atoms with Gasteiger partial charge in [0.15, 0.2) is 17.0 Å². The maximum absolute atomic E-state index is 12.2. The maximum atomic E-state index is 12.2. The molecular weight excluding hydrogens is 294 g/mol. The van der Waals surface area contributed by atoms with E-state index in [1.54, 1.807) is 13.1 Å². The average Bonchev–Trinajstić information content (AvgIpc) is 2.88. The Balaban J connectivity index is 2.54. The largest absolute Gasteiger partial charge is 0.329 e. The number of hydrogen-bond donors (Lipinski definition) is 2. The van der Waals surface area contributed by atoms with Crippen molar-refractivity contribution >= 4 is 11.2 Å². The zero-order valence-corrected chi connectivity index (χ0v) is 14.2. The van der Waals surface area contributed by atoms with E-state index in [4.69, 9.17) is 0 Å². The van der Waals surface area contributed by atoms with Gasteiger partial charge in [-0.2, -0.15) is 0 Å². The predicted octanol–water partition coefficient (Wildman–Crippen LogP) is -0.186. The molecule has 0 aromatic carbocycles. The molecule has 1 unspecified atom stereocenters. The van der Waals surface area contributed by atoms with Gasteiger partial charge in [-0.1, -0.05) is 19.4 Å². The van der Waals surface area contributed by atoms with Crippen molar-refractivity contribution in [1.29, 1.82) is 0 Å². The van der Waals surface area contributed by atoms with Crippen molar-refractivity contribution in [3.05, 3.63) is 39.3 Å². The van der Waals surface area contributed by atoms with Crippen LogP contribution in [0.1, 0.15) is 32.5 Å². The van der Waals surface area contributed by atoms with Crippen LogP contribution in [0.5, 0.6) is 0 Å². The van der Waals surface area contributed by atoms with Crippen molar-refractivity contribution in [2.45, 2.75) is 39.8 Å². The molecule has 1 atom stereocenters. The second-order valence-electron chi connectivity index (χ2n) is 5.80. The Morgan fingerprint density at radius 1 is 1.35 bits per heavy atom. The number of allylic oxidation sites excluding steroid dienone is 1. The monoisotopic (exact) mass is 320 g/mol. The molecule has 7 nitrogen and oxygen atoms in total. The van der Waals surface area contributed by atoms with Crippen molar-refractivity contribution in [2.75, 3.05) is 13.1 Å². The third-order valence-electron chi connectivity index (χ3n) is 4.19. The zero-order valence-electron chi connectivity index (χ0n) is 14.2. The minimum atomic E-state index is -0.442. The zero-order chi connectivity index (χ0) is 17.0. The van der Waals surface area contributed by atoms with Crippen LogP contribution in [0.15, 0.2) is 22.2 Å². The molecule has 0 aliphatic carbocycles. The summed E-state index contributed by atoms with van der Waals surface area (Å²) in [6.07, 6.45) is 4.05. The van der Waals surface area contributed by atoms with E-state index in [0.717, 1.165) is 38.3 Å². The van der Waals surface area contributed by atoms with Gasteiger partial charge < -0.3 is 9.47 Å². The quantitative estimate of drug-likeness (QED) is 0.662. The molecule has 0 saturated carbocycles. The Labute approximate surface area is 135 Å². The molecule has 7 heteroatoms. The highest BCUT2D eigenvalue weighted by atomic mass is 16.2. The first kappa shape index (κ1) is 17.2. The minimum Gasteiger partial charge on any atom is -0.329 e. The Bertz CT molecular complexity index is 799. The number of fused-ring (bicyclic) bond motifs is 1. The molecule has 0 saturated heterocycles. The van der Waals surface area contributed by atoms with Gasteiger partial charge in [0.25, 0.3) is 5.56 Å². The fourth-order valence-corrected chi connectivity index (χ4v) is 2.78. The number of hydrogen-bond acceptors (Lipinski definition) is 3. The summed E-state index contributed by atoms with van der Waals surface area (Å²) in [7, 11) is 1.62. The van der Waals surface area contributed by atoms with Gasteiger partial charge >= 0.3 is 5.69 Å². The molecule has 0 spiro atoms. The van der Waals surface area contributed by atoms with Gasteiger partial charge in [0, 0.05) is 13.6 Å². The van der Waals surface area contributed by atoms with E-state index in [1.165, 1.54) is 9.47 Å². The number of aromatic nitrogens is 4. The van der Waals surface area contributed by atoms with Gasteiger partial charge in [-0.05, 0) is 13.3 Å². The summed E-state index contributed by atoms with van der Waals surface area (Å²) in [4.78, 5) is 32.3. The molecule has 126 valence electrons. The number of aromatic amines is 1. The van der Waals surface area contributed by atoms with E-state index in [-0.39, 0.29) is 0 Å². The van der Waals surface area contributed by atoms with Gasteiger partial charge in [-0.25, -0.2) is 9.78 Å². The van der Waals surface area contributed by atoms with Gasteiger partial charge in [0.05, 0.1) is 13.1 Å². The van der Waals surface area contributed by atoms with Crippen molar-refractivity contribution in [3.63, 3.8) is 0 Å². The first-order chi connectivity index (χ1) is 11.0. The normalized spacial score (nSPS) is 12.7. The lowest BCUT2D eigenvalue weighted by molar-refractivity contribution is -0.913. The fourth-order valence-electron chi connectivity index (χ4n) is 2.78. The molecule has 0 aliphatic rings. The van der Waals surface area contributed by atoms with Gasteiger partial charge in [0.2, 0.25) is 0 Å². The van der Waals surface area contributed by atoms with Gasteiger partial charge in [0.1, 0.15) is 6.54 Å². The lowest BCUT2D eigenvalue weighted by Crippen LogP contribution is -3.10. The number of imidazole rings is 1. The van der Waals surface area contributed by atoms with Gasteiger partial charge in [-0.15, -0.1) is 6.58 Å². The third-order valence-corrected chi connectivity index (χ3v) is 4.19. The van der Waals surface area contributed by atoms with Crippen molar-refractivity contribution in [1.82, 2.24) is 19.1 Å². The van der Waals surface area contributed by atoms with Crippen LogP contribution in [0.4, 0.5) is 0 Å².